The second kappa shape index (κ2) is 4.91. The number of carboxylic acid groups (broad SMARTS) is 1. The SMILES string of the molecule is C[C@@H](NC(=O)c1cnc2c(=O)[nH]c(N)nc2n1)C(=O)O. The van der Waals surface area contributed by atoms with E-state index in [1.165, 1.54) is 6.92 Å². The predicted octanol–water partition coefficient (Wildman–Crippen LogP) is -1.50. The third-order valence-electron chi connectivity index (χ3n) is 2.39. The minimum Gasteiger partial charge on any atom is -0.480 e. The number of H-pyrrole nitrogens is 1. The van der Waals surface area contributed by atoms with E-state index in [1.54, 1.807) is 0 Å². The van der Waals surface area contributed by atoms with Gasteiger partial charge in [-0.15, -0.1) is 0 Å². The summed E-state index contributed by atoms with van der Waals surface area (Å²) in [4.78, 5) is 47.5. The lowest BCUT2D eigenvalue weighted by molar-refractivity contribution is -0.138. The Morgan fingerprint density at radius 2 is 2.15 bits per heavy atom. The molecule has 1 amide bonds. The average molecular weight is 278 g/mol. The van der Waals surface area contributed by atoms with Gasteiger partial charge in [0.1, 0.15) is 11.7 Å². The van der Waals surface area contributed by atoms with Gasteiger partial charge in [-0.05, 0) is 6.92 Å². The van der Waals surface area contributed by atoms with Crippen molar-refractivity contribution in [1.29, 1.82) is 0 Å². The van der Waals surface area contributed by atoms with Crippen LogP contribution < -0.4 is 16.6 Å². The second-order valence-corrected chi connectivity index (χ2v) is 3.91. The number of carbonyl (C=O) groups excluding carboxylic acids is 1. The standard InChI is InChI=1S/C10H10N6O4/c1-3(9(19)20)13-7(17)4-2-12-5-6(14-4)15-10(11)16-8(5)18/h2-3H,1H3,(H,13,17)(H,19,20)(H3,11,14,15,16,18)/t3-/m1/s1. The Morgan fingerprint density at radius 3 is 2.80 bits per heavy atom. The highest BCUT2D eigenvalue weighted by atomic mass is 16.4. The van der Waals surface area contributed by atoms with E-state index in [2.05, 4.69) is 25.3 Å². The largest absolute Gasteiger partial charge is 0.480 e. The van der Waals surface area contributed by atoms with Gasteiger partial charge in [0.2, 0.25) is 5.95 Å². The van der Waals surface area contributed by atoms with Gasteiger partial charge < -0.3 is 16.2 Å². The molecule has 0 radical (unpaired) electrons. The molecule has 2 rings (SSSR count). The topological polar surface area (TPSA) is 164 Å². The van der Waals surface area contributed by atoms with E-state index in [9.17, 15) is 14.4 Å². The van der Waals surface area contributed by atoms with Gasteiger partial charge in [-0.25, -0.2) is 9.97 Å². The number of aromatic amines is 1. The van der Waals surface area contributed by atoms with E-state index in [-0.39, 0.29) is 22.8 Å². The van der Waals surface area contributed by atoms with Gasteiger partial charge in [-0.3, -0.25) is 19.4 Å². The summed E-state index contributed by atoms with van der Waals surface area (Å²) in [7, 11) is 0. The van der Waals surface area contributed by atoms with E-state index in [4.69, 9.17) is 10.8 Å². The van der Waals surface area contributed by atoms with Crippen molar-refractivity contribution in [1.82, 2.24) is 25.3 Å². The van der Waals surface area contributed by atoms with Gasteiger partial charge in [0.15, 0.2) is 11.2 Å². The maximum Gasteiger partial charge on any atom is 0.325 e. The van der Waals surface area contributed by atoms with Crippen molar-refractivity contribution in [2.24, 2.45) is 0 Å². The van der Waals surface area contributed by atoms with Gasteiger partial charge in [0, 0.05) is 0 Å². The Kier molecular flexibility index (Phi) is 3.29. The van der Waals surface area contributed by atoms with Crippen LogP contribution in [-0.2, 0) is 4.79 Å². The third-order valence-corrected chi connectivity index (χ3v) is 2.39. The van der Waals surface area contributed by atoms with Crippen molar-refractivity contribution in [3.63, 3.8) is 0 Å². The molecule has 10 heteroatoms. The molecule has 2 heterocycles. The molecule has 2 aromatic heterocycles. The lowest BCUT2D eigenvalue weighted by atomic mass is 10.3. The number of aliphatic carboxylic acids is 1. The molecule has 104 valence electrons. The predicted molar refractivity (Wildman–Crippen MR) is 66.9 cm³/mol. The van der Waals surface area contributed by atoms with E-state index >= 15 is 0 Å². The Bertz CT molecular complexity index is 755. The summed E-state index contributed by atoms with van der Waals surface area (Å²) in [5.74, 6) is -2.09. The summed E-state index contributed by atoms with van der Waals surface area (Å²) >= 11 is 0. The number of nitrogens with two attached hydrogens (primary N) is 1. The molecule has 0 unspecified atom stereocenters. The van der Waals surface area contributed by atoms with Crippen LogP contribution in [0.15, 0.2) is 11.0 Å². The van der Waals surface area contributed by atoms with Crippen LogP contribution in [0.3, 0.4) is 0 Å². The van der Waals surface area contributed by atoms with E-state index in [0.29, 0.717) is 0 Å². The molecule has 10 nitrogen and oxygen atoms in total. The lowest BCUT2D eigenvalue weighted by Crippen LogP contribution is -2.38. The van der Waals surface area contributed by atoms with Gasteiger partial charge >= 0.3 is 5.97 Å². The number of anilines is 1. The minimum atomic E-state index is -1.19. The van der Waals surface area contributed by atoms with Crippen molar-refractivity contribution >= 4 is 29.0 Å². The molecule has 0 aliphatic heterocycles. The maximum absolute atomic E-state index is 11.8. The van der Waals surface area contributed by atoms with Crippen LogP contribution in [0.25, 0.3) is 11.2 Å². The summed E-state index contributed by atoms with van der Waals surface area (Å²) in [5.41, 5.74) is 4.45. The van der Waals surface area contributed by atoms with E-state index < -0.39 is 23.5 Å². The number of fused-ring (bicyclic) bond motifs is 1. The highest BCUT2D eigenvalue weighted by molar-refractivity contribution is 5.95. The average Bonchev–Trinajstić information content (AvgIpc) is 2.37. The molecule has 0 bridgehead atoms. The molecule has 5 N–H and O–H groups in total. The smallest absolute Gasteiger partial charge is 0.325 e. The second-order valence-electron chi connectivity index (χ2n) is 3.91. The fraction of sp³-hybridized carbons (Fsp3) is 0.200. The molecule has 1 atom stereocenters. The van der Waals surface area contributed by atoms with Crippen LogP contribution in [0.5, 0.6) is 0 Å². The fourth-order valence-electron chi connectivity index (χ4n) is 1.38. The lowest BCUT2D eigenvalue weighted by Gasteiger charge is -2.08. The summed E-state index contributed by atoms with van der Waals surface area (Å²) in [6, 6.07) is -1.09. The Morgan fingerprint density at radius 1 is 1.45 bits per heavy atom. The van der Waals surface area contributed by atoms with Crippen molar-refractivity contribution in [2.45, 2.75) is 13.0 Å². The number of carbonyl (C=O) groups is 2. The van der Waals surface area contributed by atoms with Crippen LogP contribution >= 0.6 is 0 Å². The molecule has 0 spiro atoms. The first kappa shape index (κ1) is 13.4. The molecule has 0 saturated heterocycles. The number of nitrogen functional groups attached to an aromatic ring is 1. The number of rotatable bonds is 3. The van der Waals surface area contributed by atoms with Crippen molar-refractivity contribution in [3.8, 4) is 0 Å². The highest BCUT2D eigenvalue weighted by Gasteiger charge is 2.17. The maximum atomic E-state index is 11.8. The number of aromatic nitrogens is 4. The van der Waals surface area contributed by atoms with Crippen molar-refractivity contribution in [2.75, 3.05) is 5.73 Å². The van der Waals surface area contributed by atoms with Crippen molar-refractivity contribution in [3.05, 3.63) is 22.2 Å². The third kappa shape index (κ3) is 2.53. The van der Waals surface area contributed by atoms with Crippen LogP contribution in [-0.4, -0.2) is 43.0 Å². The summed E-state index contributed by atoms with van der Waals surface area (Å²) in [6.45, 7) is 1.30. The fourth-order valence-corrected chi connectivity index (χ4v) is 1.38. The first-order valence-corrected chi connectivity index (χ1v) is 5.44. The first-order valence-electron chi connectivity index (χ1n) is 5.44. The first-order chi connectivity index (χ1) is 9.38. The molecular weight excluding hydrogens is 268 g/mol. The summed E-state index contributed by atoms with van der Waals surface area (Å²) in [5, 5.41) is 10.9. The number of nitrogens with one attached hydrogen (secondary N) is 2. The van der Waals surface area contributed by atoms with Gasteiger partial charge in [0.05, 0.1) is 6.20 Å². The zero-order valence-corrected chi connectivity index (χ0v) is 10.2. The number of amides is 1. The number of nitrogens with zero attached hydrogens (tertiary/aromatic N) is 3. The summed E-state index contributed by atoms with van der Waals surface area (Å²) < 4.78 is 0. The zero-order chi connectivity index (χ0) is 14.9. The quantitative estimate of drug-likeness (QED) is 0.526. The summed E-state index contributed by atoms with van der Waals surface area (Å²) in [6.07, 6.45) is 1.05. The van der Waals surface area contributed by atoms with Crippen molar-refractivity contribution < 1.29 is 14.7 Å². The zero-order valence-electron chi connectivity index (χ0n) is 10.2. The molecular formula is C10H10N6O4. The molecule has 20 heavy (non-hydrogen) atoms. The minimum absolute atomic E-state index is 0.0676. The molecule has 0 aliphatic carbocycles. The number of hydrogen-bond donors (Lipinski definition) is 4. The normalized spacial score (nSPS) is 12.1. The molecule has 2 aromatic rings. The molecule has 0 aliphatic rings. The van der Waals surface area contributed by atoms with Crippen LogP contribution in [0.2, 0.25) is 0 Å². The Labute approximate surface area is 111 Å². The number of hydrogen-bond acceptors (Lipinski definition) is 7. The number of carboxylic acids is 1. The van der Waals surface area contributed by atoms with Gasteiger partial charge in [-0.1, -0.05) is 0 Å². The van der Waals surface area contributed by atoms with Crippen LogP contribution in [0.1, 0.15) is 17.4 Å². The Balaban J connectivity index is 2.39. The Hall–Kier alpha value is -3.04. The monoisotopic (exact) mass is 278 g/mol. The van der Waals surface area contributed by atoms with Crippen LogP contribution in [0.4, 0.5) is 5.95 Å². The van der Waals surface area contributed by atoms with Crippen LogP contribution in [0, 0.1) is 0 Å². The van der Waals surface area contributed by atoms with E-state index in [0.717, 1.165) is 6.20 Å². The molecule has 0 aromatic carbocycles. The van der Waals surface area contributed by atoms with Gasteiger partial charge in [-0.2, -0.15) is 4.98 Å². The molecule has 0 fully saturated rings. The van der Waals surface area contributed by atoms with E-state index in [1.807, 2.05) is 0 Å². The molecule has 0 saturated carbocycles. The van der Waals surface area contributed by atoms with Gasteiger partial charge in [0.25, 0.3) is 11.5 Å². The highest BCUT2D eigenvalue weighted by Crippen LogP contribution is 2.03.